The van der Waals surface area contributed by atoms with Gasteiger partial charge in [-0.25, -0.2) is 4.39 Å². The van der Waals surface area contributed by atoms with Crippen LogP contribution >= 0.6 is 11.6 Å². The zero-order chi connectivity index (χ0) is 12.3. The highest BCUT2D eigenvalue weighted by Gasteiger charge is 2.18. The van der Waals surface area contributed by atoms with E-state index >= 15 is 0 Å². The van der Waals surface area contributed by atoms with Gasteiger partial charge in [0.15, 0.2) is 0 Å². The molecule has 0 saturated carbocycles. The third-order valence-electron chi connectivity index (χ3n) is 2.22. The molecule has 16 heavy (non-hydrogen) atoms. The number of carbonyl (C=O) groups is 1. The number of aryl methyl sites for hydroxylation is 1. The summed E-state index contributed by atoms with van der Waals surface area (Å²) >= 11 is 5.71. The fourth-order valence-corrected chi connectivity index (χ4v) is 1.44. The number of ether oxygens (including phenoxy) is 1. The van der Waals surface area contributed by atoms with Crippen LogP contribution in [0.3, 0.4) is 0 Å². The minimum absolute atomic E-state index is 0.0484. The smallest absolute Gasteiger partial charge is 0.308 e. The maximum atomic E-state index is 13.4. The number of rotatable bonds is 3. The van der Waals surface area contributed by atoms with Gasteiger partial charge in [0.05, 0.1) is 19.6 Å². The maximum absolute atomic E-state index is 13.4. The molecule has 0 spiro atoms. The standard InChI is InChI=1S/C11H12ClFO3/c1-6-3-7(9(13)4-8(6)12)10(14)5-11(15)16-2/h3-4,10,14H,5H2,1-2H3. The lowest BCUT2D eigenvalue weighted by atomic mass is 10.0. The van der Waals surface area contributed by atoms with Gasteiger partial charge in [0, 0.05) is 10.6 Å². The average molecular weight is 247 g/mol. The van der Waals surface area contributed by atoms with Gasteiger partial charge in [-0.1, -0.05) is 11.6 Å². The lowest BCUT2D eigenvalue weighted by Crippen LogP contribution is -2.09. The van der Waals surface area contributed by atoms with Crippen molar-refractivity contribution in [3.05, 3.63) is 34.1 Å². The van der Waals surface area contributed by atoms with Crippen molar-refractivity contribution in [3.63, 3.8) is 0 Å². The predicted molar refractivity (Wildman–Crippen MR) is 57.7 cm³/mol. The number of aliphatic hydroxyl groups excluding tert-OH is 1. The maximum Gasteiger partial charge on any atom is 0.308 e. The summed E-state index contributed by atoms with van der Waals surface area (Å²) in [6.45, 7) is 1.69. The summed E-state index contributed by atoms with van der Waals surface area (Å²) in [5.41, 5.74) is 0.689. The molecular formula is C11H12ClFO3. The van der Waals surface area contributed by atoms with Crippen molar-refractivity contribution in [3.8, 4) is 0 Å². The van der Waals surface area contributed by atoms with E-state index in [4.69, 9.17) is 11.6 Å². The van der Waals surface area contributed by atoms with Gasteiger partial charge in [-0.3, -0.25) is 4.79 Å². The summed E-state index contributed by atoms with van der Waals surface area (Å²) < 4.78 is 17.8. The SMILES string of the molecule is COC(=O)CC(O)c1cc(C)c(Cl)cc1F. The zero-order valence-corrected chi connectivity index (χ0v) is 9.71. The minimum atomic E-state index is -1.22. The number of hydrogen-bond donors (Lipinski definition) is 1. The van der Waals surface area contributed by atoms with Crippen molar-refractivity contribution < 1.29 is 19.0 Å². The van der Waals surface area contributed by atoms with Crippen molar-refractivity contribution in [2.24, 2.45) is 0 Å². The first-order valence-electron chi connectivity index (χ1n) is 4.66. The molecule has 5 heteroatoms. The quantitative estimate of drug-likeness (QED) is 0.833. The molecule has 0 aliphatic heterocycles. The highest BCUT2D eigenvalue weighted by molar-refractivity contribution is 6.31. The Kier molecular flexibility index (Phi) is 4.26. The summed E-state index contributed by atoms with van der Waals surface area (Å²) in [7, 11) is 1.21. The Morgan fingerprint density at radius 1 is 1.62 bits per heavy atom. The molecule has 0 heterocycles. The number of methoxy groups -OCH3 is 1. The molecule has 1 rings (SSSR count). The van der Waals surface area contributed by atoms with Crippen LogP contribution in [0.1, 0.15) is 23.7 Å². The molecule has 1 aromatic carbocycles. The summed E-state index contributed by atoms with van der Waals surface area (Å²) in [6, 6.07) is 2.54. The van der Waals surface area contributed by atoms with Gasteiger partial charge in [-0.2, -0.15) is 0 Å². The molecule has 0 aliphatic carbocycles. The molecule has 0 amide bonds. The summed E-state index contributed by atoms with van der Waals surface area (Å²) in [5.74, 6) is -1.23. The number of benzene rings is 1. The fraction of sp³-hybridized carbons (Fsp3) is 0.364. The van der Waals surface area contributed by atoms with E-state index in [2.05, 4.69) is 4.74 Å². The van der Waals surface area contributed by atoms with Gasteiger partial charge in [0.25, 0.3) is 0 Å². The number of halogens is 2. The van der Waals surface area contributed by atoms with Crippen LogP contribution in [0.15, 0.2) is 12.1 Å². The van der Waals surface area contributed by atoms with E-state index in [0.717, 1.165) is 6.07 Å². The van der Waals surface area contributed by atoms with Gasteiger partial charge < -0.3 is 9.84 Å². The predicted octanol–water partition coefficient (Wildman–Crippen LogP) is 2.38. The second-order valence-electron chi connectivity index (χ2n) is 3.42. The van der Waals surface area contributed by atoms with E-state index < -0.39 is 17.9 Å². The van der Waals surface area contributed by atoms with Gasteiger partial charge in [0.2, 0.25) is 0 Å². The van der Waals surface area contributed by atoms with Crippen LogP contribution in [0.4, 0.5) is 4.39 Å². The van der Waals surface area contributed by atoms with Crippen LogP contribution in [-0.2, 0) is 9.53 Å². The molecule has 1 atom stereocenters. The Bertz CT molecular complexity index is 406. The van der Waals surface area contributed by atoms with E-state index in [1.54, 1.807) is 6.92 Å². The molecule has 0 aromatic heterocycles. The average Bonchev–Trinajstić information content (AvgIpc) is 2.23. The Labute approximate surface area is 97.8 Å². The Morgan fingerprint density at radius 2 is 2.25 bits per heavy atom. The monoisotopic (exact) mass is 246 g/mol. The van der Waals surface area contributed by atoms with E-state index in [1.807, 2.05) is 0 Å². The lowest BCUT2D eigenvalue weighted by molar-refractivity contribution is -0.142. The number of hydrogen-bond acceptors (Lipinski definition) is 3. The van der Waals surface area contributed by atoms with Crippen molar-refractivity contribution in [2.75, 3.05) is 7.11 Å². The molecule has 1 N–H and O–H groups in total. The summed E-state index contributed by atoms with van der Waals surface area (Å²) in [5, 5.41) is 9.92. The van der Waals surface area contributed by atoms with Crippen molar-refractivity contribution in [1.29, 1.82) is 0 Å². The van der Waals surface area contributed by atoms with Crippen molar-refractivity contribution in [1.82, 2.24) is 0 Å². The van der Waals surface area contributed by atoms with Gasteiger partial charge >= 0.3 is 5.97 Å². The van der Waals surface area contributed by atoms with Gasteiger partial charge in [-0.05, 0) is 24.6 Å². The first-order valence-corrected chi connectivity index (χ1v) is 5.04. The molecule has 0 radical (unpaired) electrons. The Balaban J connectivity index is 2.95. The van der Waals surface area contributed by atoms with Crippen LogP contribution in [0, 0.1) is 12.7 Å². The second kappa shape index (κ2) is 5.27. The molecule has 3 nitrogen and oxygen atoms in total. The third-order valence-corrected chi connectivity index (χ3v) is 2.63. The highest BCUT2D eigenvalue weighted by Crippen LogP contribution is 2.26. The van der Waals surface area contributed by atoms with Gasteiger partial charge in [-0.15, -0.1) is 0 Å². The highest BCUT2D eigenvalue weighted by atomic mass is 35.5. The largest absolute Gasteiger partial charge is 0.469 e. The molecule has 0 bridgehead atoms. The minimum Gasteiger partial charge on any atom is -0.469 e. The third kappa shape index (κ3) is 2.93. The molecule has 1 aromatic rings. The van der Waals surface area contributed by atoms with Crippen LogP contribution in [0.2, 0.25) is 5.02 Å². The van der Waals surface area contributed by atoms with E-state index in [-0.39, 0.29) is 17.0 Å². The molecule has 1 unspecified atom stereocenters. The zero-order valence-electron chi connectivity index (χ0n) is 8.96. The number of esters is 1. The first kappa shape index (κ1) is 12.9. The second-order valence-corrected chi connectivity index (χ2v) is 3.83. The van der Waals surface area contributed by atoms with Gasteiger partial charge in [0.1, 0.15) is 5.82 Å². The topological polar surface area (TPSA) is 46.5 Å². The van der Waals surface area contributed by atoms with Crippen LogP contribution < -0.4 is 0 Å². The van der Waals surface area contributed by atoms with Crippen LogP contribution in [0.25, 0.3) is 0 Å². The molecule has 0 fully saturated rings. The summed E-state index contributed by atoms with van der Waals surface area (Å²) in [4.78, 5) is 10.9. The molecule has 0 aliphatic rings. The fourth-order valence-electron chi connectivity index (χ4n) is 1.29. The number of carbonyl (C=O) groups excluding carboxylic acids is 1. The normalized spacial score (nSPS) is 12.3. The van der Waals surface area contributed by atoms with E-state index in [1.165, 1.54) is 13.2 Å². The molecule has 0 saturated heterocycles. The Morgan fingerprint density at radius 3 is 2.81 bits per heavy atom. The lowest BCUT2D eigenvalue weighted by Gasteiger charge is -2.12. The molecular weight excluding hydrogens is 235 g/mol. The van der Waals surface area contributed by atoms with E-state index in [9.17, 15) is 14.3 Å². The van der Waals surface area contributed by atoms with E-state index in [0.29, 0.717) is 5.56 Å². The number of aliphatic hydroxyl groups is 1. The Hall–Kier alpha value is -1.13. The van der Waals surface area contributed by atoms with Crippen molar-refractivity contribution in [2.45, 2.75) is 19.4 Å². The summed E-state index contributed by atoms with van der Waals surface area (Å²) in [6.07, 6.45) is -1.50. The first-order chi connectivity index (χ1) is 7.45. The van der Waals surface area contributed by atoms with Crippen molar-refractivity contribution >= 4 is 17.6 Å². The molecule has 88 valence electrons. The van der Waals surface area contributed by atoms with Crippen LogP contribution in [0.5, 0.6) is 0 Å². The van der Waals surface area contributed by atoms with Crippen LogP contribution in [-0.4, -0.2) is 18.2 Å².